The van der Waals surface area contributed by atoms with E-state index in [2.05, 4.69) is 4.72 Å². The quantitative estimate of drug-likeness (QED) is 0.741. The molecule has 0 saturated carbocycles. The first kappa shape index (κ1) is 18.3. The highest BCUT2D eigenvalue weighted by Crippen LogP contribution is 2.24. The van der Waals surface area contributed by atoms with Gasteiger partial charge in [-0.1, -0.05) is 20.8 Å². The summed E-state index contributed by atoms with van der Waals surface area (Å²) in [5, 5.41) is 9.13. The second-order valence-corrected chi connectivity index (χ2v) is 8.08. The van der Waals surface area contributed by atoms with Gasteiger partial charge in [0.15, 0.2) is 0 Å². The molecule has 0 aromatic heterocycles. The summed E-state index contributed by atoms with van der Waals surface area (Å²) in [6.45, 7) is 9.20. The van der Waals surface area contributed by atoms with Gasteiger partial charge in [-0.3, -0.25) is 4.79 Å². The van der Waals surface area contributed by atoms with Crippen molar-refractivity contribution in [1.82, 2.24) is 9.03 Å². The van der Waals surface area contributed by atoms with E-state index in [0.717, 1.165) is 0 Å². The highest BCUT2D eigenvalue weighted by molar-refractivity contribution is 7.87. The molecule has 2 N–H and O–H groups in total. The molecule has 0 aliphatic rings. The lowest BCUT2D eigenvalue weighted by Gasteiger charge is -2.25. The molecule has 0 heterocycles. The number of hydrogen-bond donors (Lipinski definition) is 2. The van der Waals surface area contributed by atoms with Crippen LogP contribution in [0.4, 0.5) is 0 Å². The third-order valence-corrected chi connectivity index (χ3v) is 4.54. The summed E-state index contributed by atoms with van der Waals surface area (Å²) < 4.78 is 27.3. The summed E-state index contributed by atoms with van der Waals surface area (Å²) in [5.74, 6) is -1.71. The smallest absolute Gasteiger partial charge is 0.307 e. The molecule has 0 amide bonds. The molecule has 7 heteroatoms. The van der Waals surface area contributed by atoms with Crippen LogP contribution < -0.4 is 4.72 Å². The van der Waals surface area contributed by atoms with E-state index in [4.69, 9.17) is 5.11 Å². The third-order valence-electron chi connectivity index (χ3n) is 2.83. The van der Waals surface area contributed by atoms with Gasteiger partial charge in [-0.25, -0.2) is 4.72 Å². The third kappa shape index (κ3) is 6.89. The molecule has 1 atom stereocenters. The van der Waals surface area contributed by atoms with Gasteiger partial charge in [-0.2, -0.15) is 12.7 Å². The molecule has 0 bridgehead atoms. The van der Waals surface area contributed by atoms with E-state index in [-0.39, 0.29) is 18.0 Å². The maximum absolute atomic E-state index is 11.9. The average Bonchev–Trinajstić information content (AvgIpc) is 2.21. The first-order valence-electron chi connectivity index (χ1n) is 6.32. The van der Waals surface area contributed by atoms with Crippen molar-refractivity contribution in [3.05, 3.63) is 0 Å². The van der Waals surface area contributed by atoms with E-state index in [0.29, 0.717) is 6.42 Å². The minimum atomic E-state index is -3.62. The Balaban J connectivity index is 4.70. The molecule has 19 heavy (non-hydrogen) atoms. The van der Waals surface area contributed by atoms with Crippen LogP contribution in [0.2, 0.25) is 0 Å². The molecule has 6 nitrogen and oxygen atoms in total. The van der Waals surface area contributed by atoms with E-state index < -0.39 is 22.1 Å². The summed E-state index contributed by atoms with van der Waals surface area (Å²) in [5.41, 5.74) is -0.168. The van der Waals surface area contributed by atoms with Gasteiger partial charge in [0.1, 0.15) is 0 Å². The highest BCUT2D eigenvalue weighted by atomic mass is 32.2. The van der Waals surface area contributed by atoms with E-state index >= 15 is 0 Å². The summed E-state index contributed by atoms with van der Waals surface area (Å²) in [6, 6.07) is -0.177. The normalized spacial score (nSPS) is 14.9. The monoisotopic (exact) mass is 294 g/mol. The Morgan fingerprint density at radius 2 is 1.79 bits per heavy atom. The largest absolute Gasteiger partial charge is 0.481 e. The van der Waals surface area contributed by atoms with Gasteiger partial charge in [0, 0.05) is 19.6 Å². The fourth-order valence-electron chi connectivity index (χ4n) is 1.57. The second-order valence-electron chi connectivity index (χ2n) is 6.26. The minimum absolute atomic E-state index is 0.0913. The summed E-state index contributed by atoms with van der Waals surface area (Å²) in [4.78, 5) is 11.1. The topological polar surface area (TPSA) is 86.7 Å². The molecule has 0 aromatic carbocycles. The van der Waals surface area contributed by atoms with E-state index in [1.807, 2.05) is 20.8 Å². The number of carboxylic acid groups (broad SMARTS) is 1. The molecular weight excluding hydrogens is 268 g/mol. The number of carboxylic acids is 1. The number of carbonyl (C=O) groups is 1. The molecule has 0 spiro atoms. The van der Waals surface area contributed by atoms with E-state index in [1.54, 1.807) is 13.8 Å². The lowest BCUT2D eigenvalue weighted by Crippen LogP contribution is -2.44. The zero-order valence-electron chi connectivity index (χ0n) is 12.6. The molecule has 1 unspecified atom stereocenters. The fraction of sp³-hybridized carbons (Fsp3) is 0.917. The van der Waals surface area contributed by atoms with Crippen LogP contribution in [0.3, 0.4) is 0 Å². The molecule has 0 rings (SSSR count). The SMILES string of the molecule is CC(C)N(C)S(=O)(=O)NCC(CC(C)(C)C)C(=O)O. The van der Waals surface area contributed by atoms with Crippen LogP contribution in [-0.4, -0.2) is 43.4 Å². The molecule has 0 fully saturated rings. The summed E-state index contributed by atoms with van der Waals surface area (Å²) >= 11 is 0. The molecular formula is C12H26N2O4S. The Morgan fingerprint density at radius 3 is 2.11 bits per heavy atom. The first-order valence-corrected chi connectivity index (χ1v) is 7.76. The molecule has 0 aliphatic carbocycles. The van der Waals surface area contributed by atoms with Crippen molar-refractivity contribution in [2.45, 2.75) is 47.1 Å². The number of rotatable bonds is 7. The van der Waals surface area contributed by atoms with Crippen LogP contribution in [0.15, 0.2) is 0 Å². The van der Waals surface area contributed by atoms with Crippen molar-refractivity contribution < 1.29 is 18.3 Å². The number of aliphatic carboxylic acids is 1. The lowest BCUT2D eigenvalue weighted by atomic mass is 9.85. The zero-order chi connectivity index (χ0) is 15.4. The van der Waals surface area contributed by atoms with Gasteiger partial charge in [0.05, 0.1) is 5.92 Å². The molecule has 0 radical (unpaired) electrons. The van der Waals surface area contributed by atoms with E-state index in [9.17, 15) is 13.2 Å². The predicted molar refractivity (Wildman–Crippen MR) is 75.0 cm³/mol. The lowest BCUT2D eigenvalue weighted by molar-refractivity contribution is -0.142. The van der Waals surface area contributed by atoms with Crippen molar-refractivity contribution >= 4 is 16.2 Å². The van der Waals surface area contributed by atoms with Gasteiger partial charge in [0.25, 0.3) is 10.2 Å². The molecule has 0 aromatic rings. The van der Waals surface area contributed by atoms with Gasteiger partial charge < -0.3 is 5.11 Å². The molecule has 0 saturated heterocycles. The number of nitrogens with zero attached hydrogens (tertiary/aromatic N) is 1. The average molecular weight is 294 g/mol. The van der Waals surface area contributed by atoms with Crippen molar-refractivity contribution in [2.24, 2.45) is 11.3 Å². The van der Waals surface area contributed by atoms with Crippen LogP contribution in [0.25, 0.3) is 0 Å². The Bertz CT molecular complexity index is 398. The Hall–Kier alpha value is -0.660. The Kier molecular flexibility index (Phi) is 6.44. The Labute approximate surface area is 116 Å². The highest BCUT2D eigenvalue weighted by Gasteiger charge is 2.27. The van der Waals surface area contributed by atoms with Crippen molar-refractivity contribution in [3.8, 4) is 0 Å². The van der Waals surface area contributed by atoms with Crippen LogP contribution in [0.5, 0.6) is 0 Å². The molecule has 0 aliphatic heterocycles. The minimum Gasteiger partial charge on any atom is -0.481 e. The second kappa shape index (κ2) is 6.67. The van der Waals surface area contributed by atoms with Crippen molar-refractivity contribution in [1.29, 1.82) is 0 Å². The van der Waals surface area contributed by atoms with Crippen LogP contribution in [0, 0.1) is 11.3 Å². The zero-order valence-corrected chi connectivity index (χ0v) is 13.4. The van der Waals surface area contributed by atoms with Crippen molar-refractivity contribution in [3.63, 3.8) is 0 Å². The fourth-order valence-corrected chi connectivity index (χ4v) is 2.74. The summed E-state index contributed by atoms with van der Waals surface area (Å²) in [7, 11) is -2.16. The van der Waals surface area contributed by atoms with Gasteiger partial charge in [-0.15, -0.1) is 0 Å². The van der Waals surface area contributed by atoms with Crippen LogP contribution in [-0.2, 0) is 15.0 Å². The maximum atomic E-state index is 11.9. The van der Waals surface area contributed by atoms with Gasteiger partial charge >= 0.3 is 5.97 Å². The van der Waals surface area contributed by atoms with Gasteiger partial charge in [0.2, 0.25) is 0 Å². The van der Waals surface area contributed by atoms with Crippen molar-refractivity contribution in [2.75, 3.05) is 13.6 Å². The number of hydrogen-bond acceptors (Lipinski definition) is 3. The maximum Gasteiger partial charge on any atom is 0.307 e. The molecule has 114 valence electrons. The van der Waals surface area contributed by atoms with Gasteiger partial charge in [-0.05, 0) is 25.7 Å². The first-order chi connectivity index (χ1) is 8.37. The van der Waals surface area contributed by atoms with E-state index in [1.165, 1.54) is 11.4 Å². The standard InChI is InChI=1S/C12H26N2O4S/c1-9(2)14(6)19(17,18)13-8-10(11(15)16)7-12(3,4)5/h9-10,13H,7-8H2,1-6H3,(H,15,16). The number of nitrogens with one attached hydrogen (secondary N) is 1. The summed E-state index contributed by atoms with van der Waals surface area (Å²) in [6.07, 6.45) is 0.413. The Morgan fingerprint density at radius 1 is 1.32 bits per heavy atom. The predicted octanol–water partition coefficient (Wildman–Crippen LogP) is 1.30. The van der Waals surface area contributed by atoms with Crippen LogP contribution >= 0.6 is 0 Å². The van der Waals surface area contributed by atoms with Crippen LogP contribution in [0.1, 0.15) is 41.0 Å².